The maximum Gasteiger partial charge on any atom is 0.237 e. The van der Waals surface area contributed by atoms with Crippen LogP contribution in [0.25, 0.3) is 0 Å². The molecule has 1 saturated carbocycles. The summed E-state index contributed by atoms with van der Waals surface area (Å²) in [7, 11) is 0. The van der Waals surface area contributed by atoms with E-state index in [9.17, 15) is 9.18 Å². The van der Waals surface area contributed by atoms with Crippen LogP contribution >= 0.6 is 11.8 Å². The molecule has 1 atom stereocenters. The fourth-order valence-electron chi connectivity index (χ4n) is 3.18. The largest absolute Gasteiger partial charge is 0.325 e. The van der Waals surface area contributed by atoms with E-state index >= 15 is 0 Å². The Morgan fingerprint density at radius 2 is 1.92 bits per heavy atom. The monoisotopic (exact) mass is 362 g/mol. The highest BCUT2D eigenvalue weighted by Gasteiger charge is 2.24. The molecule has 5 nitrogen and oxygen atoms in total. The first-order chi connectivity index (χ1) is 12.0. The lowest BCUT2D eigenvalue weighted by Gasteiger charge is -2.25. The van der Waals surface area contributed by atoms with Crippen molar-refractivity contribution in [3.63, 3.8) is 0 Å². The molecule has 0 unspecified atom stereocenters. The molecular formula is C18H23FN4OS. The maximum absolute atomic E-state index is 13.0. The van der Waals surface area contributed by atoms with Crippen LogP contribution in [0.2, 0.25) is 0 Å². The number of benzene rings is 1. The summed E-state index contributed by atoms with van der Waals surface area (Å²) in [6.45, 7) is 3.81. The lowest BCUT2D eigenvalue weighted by molar-refractivity contribution is -0.115. The Balaban J connectivity index is 1.67. The number of amides is 1. The van der Waals surface area contributed by atoms with Crippen LogP contribution in [-0.4, -0.2) is 25.9 Å². The second-order valence-electron chi connectivity index (χ2n) is 6.45. The van der Waals surface area contributed by atoms with Gasteiger partial charge in [0.1, 0.15) is 11.6 Å². The number of carbonyl (C=O) groups excluding carboxylic acids is 1. The van der Waals surface area contributed by atoms with E-state index < -0.39 is 0 Å². The van der Waals surface area contributed by atoms with Gasteiger partial charge < -0.3 is 9.88 Å². The van der Waals surface area contributed by atoms with E-state index in [1.165, 1.54) is 43.2 Å². The normalized spacial score (nSPS) is 16.6. The summed E-state index contributed by atoms with van der Waals surface area (Å²) in [5.41, 5.74) is 0.587. The van der Waals surface area contributed by atoms with E-state index in [1.54, 1.807) is 12.1 Å². The molecule has 1 aliphatic carbocycles. The number of aryl methyl sites for hydroxylation is 1. The van der Waals surface area contributed by atoms with Crippen LogP contribution in [0.4, 0.5) is 10.1 Å². The van der Waals surface area contributed by atoms with Gasteiger partial charge in [-0.1, -0.05) is 31.0 Å². The van der Waals surface area contributed by atoms with Gasteiger partial charge in [-0.15, -0.1) is 10.2 Å². The number of carbonyl (C=O) groups is 1. The van der Waals surface area contributed by atoms with Gasteiger partial charge in [-0.05, 0) is 51.0 Å². The minimum Gasteiger partial charge on any atom is -0.325 e. The SMILES string of the molecule is Cc1nnc(S[C@H](C)C(=O)Nc2ccc(F)cc2)n1C1CCCCC1. The molecule has 2 aromatic rings. The Morgan fingerprint density at radius 3 is 2.60 bits per heavy atom. The second-order valence-corrected chi connectivity index (χ2v) is 7.76. The zero-order valence-corrected chi connectivity index (χ0v) is 15.4. The average Bonchev–Trinajstić information content (AvgIpc) is 2.98. The number of thioether (sulfide) groups is 1. The predicted molar refractivity (Wildman–Crippen MR) is 97.2 cm³/mol. The smallest absolute Gasteiger partial charge is 0.237 e. The van der Waals surface area contributed by atoms with Gasteiger partial charge in [0.2, 0.25) is 5.91 Å². The van der Waals surface area contributed by atoms with Crippen molar-refractivity contribution in [2.24, 2.45) is 0 Å². The molecule has 1 heterocycles. The first kappa shape index (κ1) is 17.9. The molecule has 1 aliphatic rings. The summed E-state index contributed by atoms with van der Waals surface area (Å²) in [5, 5.41) is 11.8. The third kappa shape index (κ3) is 4.39. The number of nitrogens with one attached hydrogen (secondary N) is 1. The van der Waals surface area contributed by atoms with Crippen molar-refractivity contribution >= 4 is 23.4 Å². The van der Waals surface area contributed by atoms with Crippen molar-refractivity contribution < 1.29 is 9.18 Å². The number of aromatic nitrogens is 3. The molecule has 0 radical (unpaired) electrons. The molecule has 1 aromatic carbocycles. The molecule has 1 fully saturated rings. The van der Waals surface area contributed by atoms with Crippen molar-refractivity contribution in [2.75, 3.05) is 5.32 Å². The van der Waals surface area contributed by atoms with Gasteiger partial charge in [0, 0.05) is 11.7 Å². The lowest BCUT2D eigenvalue weighted by atomic mass is 9.95. The van der Waals surface area contributed by atoms with E-state index in [0.717, 1.165) is 23.8 Å². The van der Waals surface area contributed by atoms with Crippen LogP contribution in [0.1, 0.15) is 50.9 Å². The van der Waals surface area contributed by atoms with E-state index in [4.69, 9.17) is 0 Å². The van der Waals surface area contributed by atoms with E-state index in [-0.39, 0.29) is 17.0 Å². The Labute approximate surface area is 151 Å². The fourth-order valence-corrected chi connectivity index (χ4v) is 4.14. The van der Waals surface area contributed by atoms with Gasteiger partial charge in [-0.2, -0.15) is 0 Å². The van der Waals surface area contributed by atoms with Gasteiger partial charge in [-0.3, -0.25) is 4.79 Å². The summed E-state index contributed by atoms with van der Waals surface area (Å²) in [6.07, 6.45) is 6.03. The minimum atomic E-state index is -0.323. The molecule has 1 aromatic heterocycles. The quantitative estimate of drug-likeness (QED) is 0.803. The molecule has 3 rings (SSSR count). The second kappa shape index (κ2) is 7.99. The summed E-state index contributed by atoms with van der Waals surface area (Å²) < 4.78 is 15.1. The van der Waals surface area contributed by atoms with Gasteiger partial charge in [0.15, 0.2) is 5.16 Å². The topological polar surface area (TPSA) is 59.8 Å². The Kier molecular flexibility index (Phi) is 5.73. The first-order valence-corrected chi connectivity index (χ1v) is 9.57. The average molecular weight is 362 g/mol. The highest BCUT2D eigenvalue weighted by Crippen LogP contribution is 2.33. The molecule has 1 amide bonds. The van der Waals surface area contributed by atoms with Gasteiger partial charge in [-0.25, -0.2) is 4.39 Å². The molecule has 0 saturated heterocycles. The van der Waals surface area contributed by atoms with Crippen LogP contribution in [0, 0.1) is 12.7 Å². The van der Waals surface area contributed by atoms with Crippen molar-refractivity contribution in [2.45, 2.75) is 62.4 Å². The van der Waals surface area contributed by atoms with E-state index in [0.29, 0.717) is 11.7 Å². The Morgan fingerprint density at radius 1 is 1.24 bits per heavy atom. The van der Waals surface area contributed by atoms with Crippen molar-refractivity contribution in [1.82, 2.24) is 14.8 Å². The number of nitrogens with zero attached hydrogens (tertiary/aromatic N) is 3. The van der Waals surface area contributed by atoms with Gasteiger partial charge >= 0.3 is 0 Å². The van der Waals surface area contributed by atoms with Gasteiger partial charge in [0.05, 0.1) is 5.25 Å². The van der Waals surface area contributed by atoms with Crippen molar-refractivity contribution in [3.05, 3.63) is 35.9 Å². The molecule has 0 aliphatic heterocycles. The zero-order valence-electron chi connectivity index (χ0n) is 14.5. The van der Waals surface area contributed by atoms with Crippen molar-refractivity contribution in [1.29, 1.82) is 0 Å². The van der Waals surface area contributed by atoms with Crippen LogP contribution in [0.5, 0.6) is 0 Å². The third-order valence-electron chi connectivity index (χ3n) is 4.54. The predicted octanol–water partition coefficient (Wildman–Crippen LogP) is 4.35. The number of hydrogen-bond donors (Lipinski definition) is 1. The third-order valence-corrected chi connectivity index (χ3v) is 5.59. The maximum atomic E-state index is 13.0. The summed E-state index contributed by atoms with van der Waals surface area (Å²) in [6, 6.07) is 6.20. The molecular weight excluding hydrogens is 339 g/mol. The molecule has 25 heavy (non-hydrogen) atoms. The van der Waals surface area contributed by atoms with Crippen LogP contribution < -0.4 is 5.32 Å². The molecule has 1 N–H and O–H groups in total. The Bertz CT molecular complexity index is 725. The van der Waals surface area contributed by atoms with E-state index in [2.05, 4.69) is 20.1 Å². The molecule has 134 valence electrons. The fraction of sp³-hybridized carbons (Fsp3) is 0.500. The first-order valence-electron chi connectivity index (χ1n) is 8.69. The highest BCUT2D eigenvalue weighted by atomic mass is 32.2. The van der Waals surface area contributed by atoms with Crippen LogP contribution in [0.3, 0.4) is 0 Å². The minimum absolute atomic E-state index is 0.132. The number of anilines is 1. The standard InChI is InChI=1S/C18H23FN4OS/c1-12(17(24)20-15-10-8-14(19)9-11-15)25-18-22-21-13(2)23(18)16-6-4-3-5-7-16/h8-12,16H,3-7H2,1-2H3,(H,20,24)/t12-/m1/s1. The summed E-state index contributed by atoms with van der Waals surface area (Å²) in [4.78, 5) is 12.4. The zero-order chi connectivity index (χ0) is 17.8. The van der Waals surface area contributed by atoms with Gasteiger partial charge in [0.25, 0.3) is 0 Å². The Hall–Kier alpha value is -1.89. The summed E-state index contributed by atoms with van der Waals surface area (Å²) >= 11 is 1.42. The molecule has 0 bridgehead atoms. The molecule has 7 heteroatoms. The lowest BCUT2D eigenvalue weighted by Crippen LogP contribution is -2.23. The summed E-state index contributed by atoms with van der Waals surface area (Å²) in [5.74, 6) is 0.449. The number of hydrogen-bond acceptors (Lipinski definition) is 4. The highest BCUT2D eigenvalue weighted by molar-refractivity contribution is 8.00. The van der Waals surface area contributed by atoms with Crippen LogP contribution in [0.15, 0.2) is 29.4 Å². The van der Waals surface area contributed by atoms with Crippen LogP contribution in [-0.2, 0) is 4.79 Å². The molecule has 0 spiro atoms. The number of rotatable bonds is 5. The van der Waals surface area contributed by atoms with E-state index in [1.807, 2.05) is 13.8 Å². The van der Waals surface area contributed by atoms with Crippen molar-refractivity contribution in [3.8, 4) is 0 Å². The number of halogens is 1.